The highest BCUT2D eigenvalue weighted by molar-refractivity contribution is 7.97. The summed E-state index contributed by atoms with van der Waals surface area (Å²) in [5, 5.41) is 0. The highest BCUT2D eigenvalue weighted by atomic mass is 32.2. The molecule has 3 rings (SSSR count). The summed E-state index contributed by atoms with van der Waals surface area (Å²) < 4.78 is 40.8. The quantitative estimate of drug-likeness (QED) is 0.780. The molecule has 0 spiro atoms. The molecule has 1 N–H and O–H groups in total. The fraction of sp³-hybridized carbons (Fsp3) is 0.455. The summed E-state index contributed by atoms with van der Waals surface area (Å²) in [6.07, 6.45) is -2.00. The van der Waals surface area contributed by atoms with E-state index in [9.17, 15) is 13.2 Å². The third-order valence-electron chi connectivity index (χ3n) is 3.00. The van der Waals surface area contributed by atoms with Crippen LogP contribution in [0.1, 0.15) is 18.4 Å². The van der Waals surface area contributed by atoms with Crippen LogP contribution in [0.5, 0.6) is 0 Å². The van der Waals surface area contributed by atoms with Gasteiger partial charge in [-0.25, -0.2) is 4.72 Å². The smallest absolute Gasteiger partial charge is 0.354 e. The molecule has 17 heavy (non-hydrogen) atoms. The second kappa shape index (κ2) is 3.81. The second-order valence-corrected chi connectivity index (χ2v) is 5.22. The van der Waals surface area contributed by atoms with Crippen molar-refractivity contribution in [1.29, 1.82) is 0 Å². The lowest BCUT2D eigenvalue weighted by molar-refractivity contribution is -0.137. The number of nitrogens with one attached hydrogen (secondary N) is 1. The van der Waals surface area contributed by atoms with Crippen molar-refractivity contribution in [2.24, 2.45) is 0 Å². The Morgan fingerprint density at radius 2 is 2.06 bits per heavy atom. The maximum Gasteiger partial charge on any atom is 0.416 e. The van der Waals surface area contributed by atoms with Gasteiger partial charge in [-0.1, -0.05) is 0 Å². The maximum absolute atomic E-state index is 12.6. The molecule has 1 aromatic carbocycles. The molecular formula is C11H11F3N2S. The van der Waals surface area contributed by atoms with Gasteiger partial charge in [-0.2, -0.15) is 13.2 Å². The van der Waals surface area contributed by atoms with E-state index in [1.165, 1.54) is 24.1 Å². The highest BCUT2D eigenvalue weighted by Gasteiger charge is 2.35. The van der Waals surface area contributed by atoms with Crippen molar-refractivity contribution in [1.82, 2.24) is 4.72 Å². The van der Waals surface area contributed by atoms with Gasteiger partial charge in [0.25, 0.3) is 0 Å². The Hall–Kier alpha value is -0.880. The largest absolute Gasteiger partial charge is 0.416 e. The zero-order chi connectivity index (χ0) is 12.0. The number of rotatable bonds is 1. The van der Waals surface area contributed by atoms with Crippen molar-refractivity contribution in [2.45, 2.75) is 30.0 Å². The van der Waals surface area contributed by atoms with E-state index in [-0.39, 0.29) is 0 Å². The van der Waals surface area contributed by atoms with Crippen LogP contribution >= 0.6 is 11.9 Å². The molecule has 0 amide bonds. The predicted molar refractivity (Wildman–Crippen MR) is 60.8 cm³/mol. The number of hydrogen-bond acceptors (Lipinski definition) is 3. The Labute approximate surface area is 101 Å². The number of alkyl halides is 3. The van der Waals surface area contributed by atoms with E-state index in [4.69, 9.17) is 0 Å². The van der Waals surface area contributed by atoms with Gasteiger partial charge >= 0.3 is 6.18 Å². The SMILES string of the molecule is FC(F)(F)c1ccc2c(c1)SNCN2C1CC1. The number of nitrogens with zero attached hydrogens (tertiary/aromatic N) is 1. The Morgan fingerprint density at radius 1 is 1.29 bits per heavy atom. The second-order valence-electron chi connectivity index (χ2n) is 4.29. The molecule has 0 atom stereocenters. The van der Waals surface area contributed by atoms with E-state index in [2.05, 4.69) is 9.62 Å². The maximum atomic E-state index is 12.6. The summed E-state index contributed by atoms with van der Waals surface area (Å²) in [7, 11) is 0. The van der Waals surface area contributed by atoms with E-state index < -0.39 is 11.7 Å². The standard InChI is InChI=1S/C11H11F3N2S/c12-11(13,14)7-1-4-9-10(5-7)17-15-6-16(9)8-2-3-8/h1,4-5,8,15H,2-3,6H2. The molecule has 92 valence electrons. The number of halogens is 3. The average molecular weight is 260 g/mol. The van der Waals surface area contributed by atoms with Crippen molar-refractivity contribution < 1.29 is 13.2 Å². The molecular weight excluding hydrogens is 249 g/mol. The topological polar surface area (TPSA) is 15.3 Å². The van der Waals surface area contributed by atoms with Gasteiger partial charge in [0.15, 0.2) is 0 Å². The van der Waals surface area contributed by atoms with Gasteiger partial charge in [-0.15, -0.1) is 0 Å². The summed E-state index contributed by atoms with van der Waals surface area (Å²) >= 11 is 1.28. The van der Waals surface area contributed by atoms with E-state index in [0.717, 1.165) is 18.5 Å². The Kier molecular flexibility index (Phi) is 2.52. The van der Waals surface area contributed by atoms with Gasteiger partial charge in [0, 0.05) is 10.9 Å². The molecule has 0 unspecified atom stereocenters. The van der Waals surface area contributed by atoms with Crippen LogP contribution in [0.4, 0.5) is 18.9 Å². The number of anilines is 1. The highest BCUT2D eigenvalue weighted by Crippen LogP contribution is 2.41. The molecule has 6 heteroatoms. The minimum atomic E-state index is -4.27. The minimum Gasteiger partial charge on any atom is -0.354 e. The summed E-state index contributed by atoms with van der Waals surface area (Å²) in [6, 6.07) is 4.48. The Balaban J connectivity index is 1.97. The Bertz CT molecular complexity index is 443. The molecule has 1 aliphatic heterocycles. The van der Waals surface area contributed by atoms with Crippen LogP contribution in [0.15, 0.2) is 23.1 Å². The molecule has 1 fully saturated rings. The van der Waals surface area contributed by atoms with E-state index >= 15 is 0 Å². The molecule has 0 radical (unpaired) electrons. The number of fused-ring (bicyclic) bond motifs is 1. The first-order valence-electron chi connectivity index (χ1n) is 5.43. The van der Waals surface area contributed by atoms with Crippen molar-refractivity contribution >= 4 is 17.6 Å². The molecule has 1 aliphatic carbocycles. The molecule has 0 bridgehead atoms. The van der Waals surface area contributed by atoms with Crippen molar-refractivity contribution in [3.8, 4) is 0 Å². The zero-order valence-electron chi connectivity index (χ0n) is 8.92. The van der Waals surface area contributed by atoms with Crippen LogP contribution in [0, 0.1) is 0 Å². The Morgan fingerprint density at radius 3 is 2.71 bits per heavy atom. The van der Waals surface area contributed by atoms with Crippen LogP contribution in [0.3, 0.4) is 0 Å². The molecule has 0 saturated heterocycles. The summed E-state index contributed by atoms with van der Waals surface area (Å²) in [5.74, 6) is 0. The van der Waals surface area contributed by atoms with Crippen LogP contribution < -0.4 is 9.62 Å². The lowest BCUT2D eigenvalue weighted by atomic mass is 10.2. The van der Waals surface area contributed by atoms with Gasteiger partial charge in [-0.3, -0.25) is 0 Å². The lowest BCUT2D eigenvalue weighted by Crippen LogP contribution is -2.36. The summed E-state index contributed by atoms with van der Waals surface area (Å²) in [6.45, 7) is 0.702. The van der Waals surface area contributed by atoms with Crippen molar-refractivity contribution in [3.05, 3.63) is 23.8 Å². The first-order chi connectivity index (χ1) is 8.05. The van der Waals surface area contributed by atoms with E-state index in [0.29, 0.717) is 17.6 Å². The monoisotopic (exact) mass is 260 g/mol. The summed E-state index contributed by atoms with van der Waals surface area (Å²) in [5.41, 5.74) is 0.340. The van der Waals surface area contributed by atoms with Crippen LogP contribution in [0.2, 0.25) is 0 Å². The van der Waals surface area contributed by atoms with Gasteiger partial charge in [0.2, 0.25) is 0 Å². The molecule has 1 heterocycles. The first kappa shape index (κ1) is 11.2. The first-order valence-corrected chi connectivity index (χ1v) is 6.25. The lowest BCUT2D eigenvalue weighted by Gasteiger charge is -2.31. The van der Waals surface area contributed by atoms with Gasteiger partial charge in [-0.05, 0) is 43.0 Å². The minimum absolute atomic E-state index is 0.499. The van der Waals surface area contributed by atoms with Gasteiger partial charge in [0.05, 0.1) is 17.9 Å². The van der Waals surface area contributed by atoms with Gasteiger partial charge in [0.1, 0.15) is 0 Å². The van der Waals surface area contributed by atoms with E-state index in [1.54, 1.807) is 6.07 Å². The van der Waals surface area contributed by atoms with Crippen LogP contribution in [0.25, 0.3) is 0 Å². The average Bonchev–Trinajstić information content (AvgIpc) is 3.10. The molecule has 1 aromatic rings. The van der Waals surface area contributed by atoms with Crippen molar-refractivity contribution in [3.63, 3.8) is 0 Å². The third kappa shape index (κ3) is 2.11. The molecule has 1 saturated carbocycles. The fourth-order valence-corrected chi connectivity index (χ4v) is 2.82. The predicted octanol–water partition coefficient (Wildman–Crippen LogP) is 3.24. The molecule has 0 aromatic heterocycles. The van der Waals surface area contributed by atoms with Crippen molar-refractivity contribution in [2.75, 3.05) is 11.6 Å². The van der Waals surface area contributed by atoms with E-state index in [1.807, 2.05) is 0 Å². The fourth-order valence-electron chi connectivity index (χ4n) is 1.99. The summed E-state index contributed by atoms with van der Waals surface area (Å²) in [4.78, 5) is 2.81. The number of hydrogen-bond donors (Lipinski definition) is 1. The van der Waals surface area contributed by atoms with Gasteiger partial charge < -0.3 is 4.90 Å². The van der Waals surface area contributed by atoms with Crippen LogP contribution in [-0.4, -0.2) is 12.7 Å². The molecule has 2 aliphatic rings. The third-order valence-corrected chi connectivity index (χ3v) is 3.82. The normalized spacial score (nSPS) is 20.3. The van der Waals surface area contributed by atoms with Crippen LogP contribution in [-0.2, 0) is 6.18 Å². The zero-order valence-corrected chi connectivity index (χ0v) is 9.74. The number of benzene rings is 1. The molecule has 2 nitrogen and oxygen atoms in total.